The number of aliphatic carboxylic acids is 1. The Bertz CT molecular complexity index is 969. The number of hydrogen-bond donors (Lipinski definition) is 1. The van der Waals surface area contributed by atoms with Crippen LogP contribution in [-0.2, 0) is 17.9 Å². The van der Waals surface area contributed by atoms with Crippen LogP contribution in [0.15, 0.2) is 59.1 Å². The molecule has 0 saturated carbocycles. The second-order valence-corrected chi connectivity index (χ2v) is 8.08. The molecule has 1 N–H and O–H groups in total. The molecule has 3 aromatic rings. The number of rotatable bonds is 7. The molecule has 1 fully saturated rings. The van der Waals surface area contributed by atoms with Crippen molar-refractivity contribution in [3.05, 3.63) is 71.5 Å². The molecule has 0 aliphatic carbocycles. The first-order chi connectivity index (χ1) is 14.1. The van der Waals surface area contributed by atoms with Crippen LogP contribution in [0.2, 0.25) is 0 Å². The lowest BCUT2D eigenvalue weighted by Gasteiger charge is -2.20. The first-order valence-corrected chi connectivity index (χ1v) is 10.5. The number of ether oxygens (including phenoxy) is 1. The lowest BCUT2D eigenvalue weighted by atomic mass is 10.1. The molecule has 4 rings (SSSR count). The predicted molar refractivity (Wildman–Crippen MR) is 112 cm³/mol. The molecule has 1 aliphatic heterocycles. The largest absolute Gasteiger partial charge is 0.486 e. The molecule has 2 aromatic carbocycles. The minimum atomic E-state index is -0.757. The van der Waals surface area contributed by atoms with E-state index < -0.39 is 12.0 Å². The van der Waals surface area contributed by atoms with Crippen molar-refractivity contribution >= 4 is 17.7 Å². The van der Waals surface area contributed by atoms with Gasteiger partial charge in [-0.2, -0.15) is 0 Å². The highest BCUT2D eigenvalue weighted by molar-refractivity contribution is 7.99. The molecule has 7 heteroatoms. The summed E-state index contributed by atoms with van der Waals surface area (Å²) in [5, 5.41) is 13.4. The van der Waals surface area contributed by atoms with E-state index in [1.54, 1.807) is 11.8 Å². The zero-order chi connectivity index (χ0) is 20.2. The molecular formula is C22H22N2O4S. The Kier molecular flexibility index (Phi) is 5.87. The van der Waals surface area contributed by atoms with Crippen molar-refractivity contribution in [3.8, 4) is 17.0 Å². The number of aromatic nitrogens is 1. The fourth-order valence-corrected chi connectivity index (χ4v) is 4.37. The van der Waals surface area contributed by atoms with Gasteiger partial charge in [-0.25, -0.2) is 0 Å². The van der Waals surface area contributed by atoms with Gasteiger partial charge in [0.05, 0.1) is 0 Å². The van der Waals surface area contributed by atoms with Crippen LogP contribution in [0.3, 0.4) is 0 Å². The summed E-state index contributed by atoms with van der Waals surface area (Å²) in [5.41, 5.74) is 4.06. The van der Waals surface area contributed by atoms with Gasteiger partial charge in [-0.05, 0) is 24.6 Å². The van der Waals surface area contributed by atoms with Gasteiger partial charge in [-0.3, -0.25) is 9.69 Å². The van der Waals surface area contributed by atoms with Gasteiger partial charge in [0, 0.05) is 29.8 Å². The predicted octanol–water partition coefficient (Wildman–Crippen LogP) is 4.19. The highest BCUT2D eigenvalue weighted by atomic mass is 32.2. The average molecular weight is 410 g/mol. The standard InChI is InChI=1S/C22H22N2O4S/c1-15-2-6-17(7-3-15)20-10-19(28-23-20)12-27-18-8-4-16(5-9-18)11-24-14-29-13-21(24)22(25)26/h2-10,21H,11-14H2,1H3,(H,25,26). The van der Waals surface area contributed by atoms with Crippen LogP contribution in [-0.4, -0.2) is 38.8 Å². The van der Waals surface area contributed by atoms with E-state index >= 15 is 0 Å². The highest BCUT2D eigenvalue weighted by Gasteiger charge is 2.30. The number of aryl methyl sites for hydroxylation is 1. The topological polar surface area (TPSA) is 75.8 Å². The number of nitrogens with zero attached hydrogens (tertiary/aromatic N) is 2. The minimum Gasteiger partial charge on any atom is -0.486 e. The normalized spacial score (nSPS) is 16.8. The summed E-state index contributed by atoms with van der Waals surface area (Å²) in [7, 11) is 0. The zero-order valence-corrected chi connectivity index (χ0v) is 16.9. The number of hydrogen-bond acceptors (Lipinski definition) is 6. The second kappa shape index (κ2) is 8.71. The molecule has 1 atom stereocenters. The number of benzene rings is 2. The van der Waals surface area contributed by atoms with E-state index in [0.29, 0.717) is 24.7 Å². The first kappa shape index (κ1) is 19.5. The van der Waals surface area contributed by atoms with E-state index in [9.17, 15) is 9.90 Å². The van der Waals surface area contributed by atoms with E-state index in [1.807, 2.05) is 66.4 Å². The van der Waals surface area contributed by atoms with E-state index in [2.05, 4.69) is 5.16 Å². The van der Waals surface area contributed by atoms with Crippen molar-refractivity contribution in [1.29, 1.82) is 0 Å². The summed E-state index contributed by atoms with van der Waals surface area (Å²) in [4.78, 5) is 13.3. The van der Waals surface area contributed by atoms with E-state index in [-0.39, 0.29) is 0 Å². The molecule has 0 radical (unpaired) electrons. The Labute approximate surface area is 173 Å². The Morgan fingerprint density at radius 3 is 2.72 bits per heavy atom. The van der Waals surface area contributed by atoms with Crippen LogP contribution in [0.1, 0.15) is 16.9 Å². The lowest BCUT2D eigenvalue weighted by Crippen LogP contribution is -2.37. The third-order valence-corrected chi connectivity index (χ3v) is 5.92. The Hall–Kier alpha value is -2.77. The van der Waals surface area contributed by atoms with Crippen LogP contribution in [0.25, 0.3) is 11.3 Å². The highest BCUT2D eigenvalue weighted by Crippen LogP contribution is 2.25. The average Bonchev–Trinajstić information content (AvgIpc) is 3.38. The third kappa shape index (κ3) is 4.81. The van der Waals surface area contributed by atoms with Gasteiger partial charge in [-0.15, -0.1) is 11.8 Å². The zero-order valence-electron chi connectivity index (χ0n) is 16.1. The van der Waals surface area contributed by atoms with Crippen molar-refractivity contribution in [1.82, 2.24) is 10.1 Å². The van der Waals surface area contributed by atoms with Crippen molar-refractivity contribution in [3.63, 3.8) is 0 Å². The van der Waals surface area contributed by atoms with Gasteiger partial charge in [0.25, 0.3) is 0 Å². The Morgan fingerprint density at radius 1 is 1.24 bits per heavy atom. The summed E-state index contributed by atoms with van der Waals surface area (Å²) in [6, 6.07) is 17.3. The molecule has 0 spiro atoms. The fourth-order valence-electron chi connectivity index (χ4n) is 3.18. The van der Waals surface area contributed by atoms with E-state index in [0.717, 1.165) is 28.4 Å². The number of carboxylic acid groups (broad SMARTS) is 1. The fraction of sp³-hybridized carbons (Fsp3) is 0.273. The van der Waals surface area contributed by atoms with Gasteiger partial charge in [-0.1, -0.05) is 47.1 Å². The van der Waals surface area contributed by atoms with Gasteiger partial charge >= 0.3 is 5.97 Å². The number of thioether (sulfide) groups is 1. The molecule has 1 unspecified atom stereocenters. The van der Waals surface area contributed by atoms with Crippen LogP contribution in [0.4, 0.5) is 0 Å². The summed E-state index contributed by atoms with van der Waals surface area (Å²) in [6.45, 7) is 2.96. The molecule has 2 heterocycles. The smallest absolute Gasteiger partial charge is 0.321 e. The number of carboxylic acids is 1. The quantitative estimate of drug-likeness (QED) is 0.626. The minimum absolute atomic E-state index is 0.294. The van der Waals surface area contributed by atoms with Crippen LogP contribution in [0, 0.1) is 6.92 Å². The van der Waals surface area contributed by atoms with Crippen molar-refractivity contribution < 1.29 is 19.2 Å². The van der Waals surface area contributed by atoms with Crippen molar-refractivity contribution in [2.75, 3.05) is 11.6 Å². The van der Waals surface area contributed by atoms with Crippen LogP contribution < -0.4 is 4.74 Å². The van der Waals surface area contributed by atoms with E-state index in [1.165, 1.54) is 5.56 Å². The summed E-state index contributed by atoms with van der Waals surface area (Å²) >= 11 is 1.65. The molecule has 6 nitrogen and oxygen atoms in total. The summed E-state index contributed by atoms with van der Waals surface area (Å²) in [6.07, 6.45) is 0. The summed E-state index contributed by atoms with van der Waals surface area (Å²) in [5.74, 6) is 2.00. The SMILES string of the molecule is Cc1ccc(-c2cc(COc3ccc(CN4CSCC4C(=O)O)cc3)on2)cc1. The van der Waals surface area contributed by atoms with Gasteiger partial charge in [0.1, 0.15) is 24.1 Å². The van der Waals surface area contributed by atoms with Gasteiger partial charge in [0.15, 0.2) is 5.76 Å². The molecule has 0 amide bonds. The second-order valence-electron chi connectivity index (χ2n) is 7.08. The number of carbonyl (C=O) groups is 1. The molecule has 1 aromatic heterocycles. The monoisotopic (exact) mass is 410 g/mol. The van der Waals surface area contributed by atoms with Crippen LogP contribution >= 0.6 is 11.8 Å². The summed E-state index contributed by atoms with van der Waals surface area (Å²) < 4.78 is 11.2. The maximum atomic E-state index is 11.3. The van der Waals surface area contributed by atoms with Gasteiger partial charge in [0.2, 0.25) is 0 Å². The van der Waals surface area contributed by atoms with Crippen molar-refractivity contribution in [2.45, 2.75) is 26.1 Å². The maximum Gasteiger partial charge on any atom is 0.321 e. The molecular weight excluding hydrogens is 388 g/mol. The Morgan fingerprint density at radius 2 is 2.00 bits per heavy atom. The van der Waals surface area contributed by atoms with Crippen LogP contribution in [0.5, 0.6) is 5.75 Å². The molecule has 29 heavy (non-hydrogen) atoms. The van der Waals surface area contributed by atoms with Crippen molar-refractivity contribution in [2.24, 2.45) is 0 Å². The van der Waals surface area contributed by atoms with Gasteiger partial charge < -0.3 is 14.4 Å². The van der Waals surface area contributed by atoms with E-state index in [4.69, 9.17) is 9.26 Å². The first-order valence-electron chi connectivity index (χ1n) is 9.37. The molecule has 1 saturated heterocycles. The lowest BCUT2D eigenvalue weighted by molar-refractivity contribution is -0.141. The molecule has 0 bridgehead atoms. The molecule has 150 valence electrons. The third-order valence-electron chi connectivity index (χ3n) is 4.86. The Balaban J connectivity index is 1.33. The maximum absolute atomic E-state index is 11.3. The molecule has 1 aliphatic rings.